The molecular formula is C24H27F2N5O2S. The topological polar surface area (TPSA) is 72.0 Å². The van der Waals surface area contributed by atoms with Gasteiger partial charge in [-0.25, -0.2) is 13.8 Å². The van der Waals surface area contributed by atoms with Gasteiger partial charge in [-0.3, -0.25) is 9.48 Å². The Labute approximate surface area is 200 Å². The summed E-state index contributed by atoms with van der Waals surface area (Å²) in [5.74, 6) is 1.02. The van der Waals surface area contributed by atoms with Crippen LogP contribution < -0.4 is 10.2 Å². The molecular weight excluding hydrogens is 460 g/mol. The molecule has 1 aliphatic carbocycles. The highest BCUT2D eigenvalue weighted by molar-refractivity contribution is 7.17. The van der Waals surface area contributed by atoms with Crippen molar-refractivity contribution in [1.29, 1.82) is 0 Å². The van der Waals surface area contributed by atoms with Crippen LogP contribution in [0.5, 0.6) is 0 Å². The number of rotatable bonds is 5. The number of pyridine rings is 1. The molecule has 1 unspecified atom stereocenters. The summed E-state index contributed by atoms with van der Waals surface area (Å²) in [7, 11) is 0. The second kappa shape index (κ2) is 8.27. The number of fused-ring (bicyclic) bond motifs is 2. The molecule has 34 heavy (non-hydrogen) atoms. The van der Waals surface area contributed by atoms with E-state index in [2.05, 4.69) is 29.2 Å². The molecule has 7 nitrogen and oxygen atoms in total. The maximum atomic E-state index is 13.8. The zero-order chi connectivity index (χ0) is 23.6. The molecule has 1 saturated carbocycles. The van der Waals surface area contributed by atoms with Crippen LogP contribution in [-0.4, -0.2) is 45.5 Å². The van der Waals surface area contributed by atoms with Crippen LogP contribution in [0.2, 0.25) is 0 Å². The minimum atomic E-state index is -2.77. The summed E-state index contributed by atoms with van der Waals surface area (Å²) in [6.07, 6.45) is 2.86. The van der Waals surface area contributed by atoms with Crippen LogP contribution >= 0.6 is 11.3 Å². The average Bonchev–Trinajstić information content (AvgIpc) is 3.11. The van der Waals surface area contributed by atoms with Crippen molar-refractivity contribution in [2.45, 2.75) is 70.2 Å². The van der Waals surface area contributed by atoms with Gasteiger partial charge in [0.05, 0.1) is 52.3 Å². The largest absolute Gasteiger partial charge is 0.374 e. The van der Waals surface area contributed by atoms with E-state index in [9.17, 15) is 13.6 Å². The van der Waals surface area contributed by atoms with Crippen LogP contribution in [0, 0.1) is 5.92 Å². The first kappa shape index (κ1) is 21.9. The van der Waals surface area contributed by atoms with Crippen molar-refractivity contribution in [3.05, 3.63) is 35.0 Å². The third kappa shape index (κ3) is 3.67. The number of amides is 1. The van der Waals surface area contributed by atoms with Crippen molar-refractivity contribution in [2.24, 2.45) is 5.92 Å². The smallest absolute Gasteiger partial charge is 0.284 e. The molecule has 1 N–H and O–H groups in total. The number of morpholine rings is 1. The zero-order valence-electron chi connectivity index (χ0n) is 19.1. The van der Waals surface area contributed by atoms with Crippen LogP contribution in [-0.2, 0) is 4.74 Å². The third-order valence-corrected chi connectivity index (χ3v) is 8.42. The fourth-order valence-corrected chi connectivity index (χ4v) is 6.32. The molecule has 3 atom stereocenters. The Morgan fingerprint density at radius 1 is 1.24 bits per heavy atom. The lowest BCUT2D eigenvalue weighted by atomic mass is 9.87. The van der Waals surface area contributed by atoms with Gasteiger partial charge in [0.25, 0.3) is 12.3 Å². The molecule has 3 aliphatic rings. The average molecular weight is 488 g/mol. The van der Waals surface area contributed by atoms with Crippen molar-refractivity contribution in [1.82, 2.24) is 14.8 Å². The summed E-state index contributed by atoms with van der Waals surface area (Å²) in [5.41, 5.74) is 0.662. The first-order chi connectivity index (χ1) is 16.4. The molecule has 3 aromatic rings. The van der Waals surface area contributed by atoms with E-state index in [1.54, 1.807) is 16.3 Å². The van der Waals surface area contributed by atoms with Crippen molar-refractivity contribution in [3.63, 3.8) is 0 Å². The summed E-state index contributed by atoms with van der Waals surface area (Å²) >= 11 is 1.42. The molecule has 0 bridgehead atoms. The molecule has 180 valence electrons. The molecule has 6 rings (SSSR count). The highest BCUT2D eigenvalue weighted by Gasteiger charge is 2.56. The molecule has 3 fully saturated rings. The van der Waals surface area contributed by atoms with Gasteiger partial charge in [0, 0.05) is 11.6 Å². The lowest BCUT2D eigenvalue weighted by Crippen LogP contribution is -2.19. The second-order valence-corrected chi connectivity index (χ2v) is 10.7. The number of thiophene rings is 1. The van der Waals surface area contributed by atoms with E-state index in [1.807, 2.05) is 12.1 Å². The quantitative estimate of drug-likeness (QED) is 0.487. The van der Waals surface area contributed by atoms with Gasteiger partial charge >= 0.3 is 0 Å². The van der Waals surface area contributed by atoms with Crippen molar-refractivity contribution in [3.8, 4) is 0 Å². The number of carbonyl (C=O) groups excluding carboxylic acids is 1. The van der Waals surface area contributed by atoms with Crippen LogP contribution in [0.1, 0.15) is 68.0 Å². The van der Waals surface area contributed by atoms with Gasteiger partial charge in [0.2, 0.25) is 0 Å². The number of nitrogens with zero attached hydrogens (tertiary/aromatic N) is 4. The van der Waals surface area contributed by atoms with E-state index in [0.29, 0.717) is 35.7 Å². The van der Waals surface area contributed by atoms with Crippen LogP contribution in [0.25, 0.3) is 10.2 Å². The molecule has 2 aliphatic heterocycles. The van der Waals surface area contributed by atoms with Gasteiger partial charge in [0.15, 0.2) is 5.69 Å². The Morgan fingerprint density at radius 3 is 2.74 bits per heavy atom. The number of aromatic nitrogens is 3. The maximum Gasteiger partial charge on any atom is 0.284 e. The lowest BCUT2D eigenvalue weighted by Gasteiger charge is -2.26. The Balaban J connectivity index is 1.25. The normalized spacial score (nSPS) is 28.5. The molecule has 0 aromatic carbocycles. The zero-order valence-corrected chi connectivity index (χ0v) is 19.9. The van der Waals surface area contributed by atoms with Gasteiger partial charge in [-0.2, -0.15) is 5.10 Å². The van der Waals surface area contributed by atoms with E-state index in [0.717, 1.165) is 36.2 Å². The van der Waals surface area contributed by atoms with E-state index >= 15 is 0 Å². The number of carbonyl (C=O) groups is 1. The SMILES string of the molecule is CC1CCC(n2cc(NC(=O)c3csc4ccc(N5C6[C@@H](C)OC[C@@H]65)nc34)c(C(F)F)n2)CC1. The molecule has 1 amide bonds. The molecule has 3 aromatic heterocycles. The van der Waals surface area contributed by atoms with Crippen molar-refractivity contribution >= 4 is 39.0 Å². The molecule has 0 radical (unpaired) electrons. The number of anilines is 2. The summed E-state index contributed by atoms with van der Waals surface area (Å²) < 4.78 is 35.7. The van der Waals surface area contributed by atoms with Gasteiger partial charge in [-0.1, -0.05) is 6.92 Å². The minimum absolute atomic E-state index is 0.0700. The van der Waals surface area contributed by atoms with Gasteiger partial charge in [-0.05, 0) is 50.7 Å². The van der Waals surface area contributed by atoms with E-state index in [1.165, 1.54) is 11.3 Å². The van der Waals surface area contributed by atoms with E-state index in [4.69, 9.17) is 9.72 Å². The fourth-order valence-electron chi connectivity index (χ4n) is 5.44. The summed E-state index contributed by atoms with van der Waals surface area (Å²) in [6, 6.07) is 4.67. The maximum absolute atomic E-state index is 13.8. The molecule has 10 heteroatoms. The van der Waals surface area contributed by atoms with Crippen LogP contribution in [0.4, 0.5) is 20.3 Å². The number of ether oxygens (including phenoxy) is 1. The number of halogens is 2. The molecule has 2 saturated heterocycles. The summed E-state index contributed by atoms with van der Waals surface area (Å²) in [5, 5.41) is 8.59. The molecule has 0 spiro atoms. The van der Waals surface area contributed by atoms with Crippen LogP contribution in [0.3, 0.4) is 0 Å². The predicted molar refractivity (Wildman–Crippen MR) is 127 cm³/mol. The Bertz CT molecular complexity index is 1240. The van der Waals surface area contributed by atoms with Gasteiger partial charge < -0.3 is 15.0 Å². The van der Waals surface area contributed by atoms with Crippen molar-refractivity contribution in [2.75, 3.05) is 16.8 Å². The Morgan fingerprint density at radius 2 is 2.03 bits per heavy atom. The number of nitrogens with one attached hydrogen (secondary N) is 1. The third-order valence-electron chi connectivity index (χ3n) is 7.48. The first-order valence-corrected chi connectivity index (χ1v) is 12.8. The Kier molecular flexibility index (Phi) is 5.33. The minimum Gasteiger partial charge on any atom is -0.374 e. The monoisotopic (exact) mass is 487 g/mol. The summed E-state index contributed by atoms with van der Waals surface area (Å²) in [4.78, 5) is 20.2. The number of hydrogen-bond donors (Lipinski definition) is 1. The van der Waals surface area contributed by atoms with Gasteiger partial charge in [0.1, 0.15) is 5.82 Å². The number of alkyl halides is 2. The predicted octanol–water partition coefficient (Wildman–Crippen LogP) is 5.41. The van der Waals surface area contributed by atoms with Crippen LogP contribution in [0.15, 0.2) is 23.7 Å². The fraction of sp³-hybridized carbons (Fsp3) is 0.542. The summed E-state index contributed by atoms with van der Waals surface area (Å²) in [6.45, 7) is 4.95. The highest BCUT2D eigenvalue weighted by Crippen LogP contribution is 2.43. The van der Waals surface area contributed by atoms with E-state index in [-0.39, 0.29) is 23.5 Å². The van der Waals surface area contributed by atoms with Gasteiger partial charge in [-0.15, -0.1) is 11.3 Å². The number of hydrogen-bond acceptors (Lipinski definition) is 6. The molecule has 5 heterocycles. The standard InChI is InChI=1S/C24H27F2N5O2S/c1-12-3-5-14(6-4-12)30-9-16(21(29-30)23(25)26)27-24(32)15-11-34-18-7-8-19(28-20(15)18)31-17-10-33-13(2)22(17)31/h7-9,11-14,17,22-23H,3-6,10H2,1-2H3,(H,27,32)/t12?,13-,14?,17+,22?,31?/m1/s1. The Hall–Kier alpha value is -2.59. The lowest BCUT2D eigenvalue weighted by molar-refractivity contribution is 0.102. The second-order valence-electron chi connectivity index (χ2n) is 9.75. The van der Waals surface area contributed by atoms with Crippen molar-refractivity contribution < 1.29 is 18.3 Å². The highest BCUT2D eigenvalue weighted by atomic mass is 32.1. The first-order valence-electron chi connectivity index (χ1n) is 11.9. The van der Waals surface area contributed by atoms with E-state index < -0.39 is 12.3 Å².